The van der Waals surface area contributed by atoms with Crippen LogP contribution in [-0.2, 0) is 0 Å². The van der Waals surface area contributed by atoms with Crippen molar-refractivity contribution in [2.24, 2.45) is 0 Å². The predicted octanol–water partition coefficient (Wildman–Crippen LogP) is 8.92. The van der Waals surface area contributed by atoms with Crippen LogP contribution in [-0.4, -0.2) is 4.57 Å². The maximum Gasteiger partial charge on any atom is 0.0544 e. The number of hydrogen-bond acceptors (Lipinski definition) is 0. The van der Waals surface area contributed by atoms with Crippen LogP contribution < -0.4 is 0 Å². The van der Waals surface area contributed by atoms with Gasteiger partial charge >= 0.3 is 0 Å². The maximum atomic E-state index is 2.44. The summed E-state index contributed by atoms with van der Waals surface area (Å²) in [5.74, 6) is 0. The monoisotopic (exact) mass is 433 g/mol. The number of rotatable bonds is 2. The fourth-order valence-corrected chi connectivity index (χ4v) is 5.69. The molecule has 1 heterocycles. The van der Waals surface area contributed by atoms with Crippen LogP contribution in [0.5, 0.6) is 0 Å². The number of hydrogen-bond donors (Lipinski definition) is 0. The third-order valence-corrected chi connectivity index (χ3v) is 7.15. The Morgan fingerprint density at radius 1 is 0.471 bits per heavy atom. The van der Waals surface area contributed by atoms with Crippen LogP contribution in [0, 0.1) is 6.92 Å². The van der Waals surface area contributed by atoms with Crippen LogP contribution >= 0.6 is 0 Å². The molecule has 5 aromatic carbocycles. The quantitative estimate of drug-likeness (QED) is 0.256. The van der Waals surface area contributed by atoms with Gasteiger partial charge in [-0.1, -0.05) is 103 Å². The molecule has 6 aromatic rings. The molecule has 0 bridgehead atoms. The van der Waals surface area contributed by atoms with Gasteiger partial charge in [0, 0.05) is 22.3 Å². The lowest BCUT2D eigenvalue weighted by Gasteiger charge is -2.14. The minimum atomic E-state index is 1.19. The molecular formula is C33H23N. The average molecular weight is 434 g/mol. The van der Waals surface area contributed by atoms with Crippen molar-refractivity contribution in [3.8, 4) is 50.2 Å². The zero-order chi connectivity index (χ0) is 22.6. The molecule has 1 nitrogen and oxygen atoms in total. The Morgan fingerprint density at radius 2 is 1.03 bits per heavy atom. The van der Waals surface area contributed by atoms with Gasteiger partial charge in [-0.3, -0.25) is 0 Å². The summed E-state index contributed by atoms with van der Waals surface area (Å²) in [4.78, 5) is 0. The van der Waals surface area contributed by atoms with E-state index in [1.807, 2.05) is 0 Å². The molecule has 0 saturated carbocycles. The van der Waals surface area contributed by atoms with Gasteiger partial charge in [-0.05, 0) is 64.1 Å². The Kier molecular flexibility index (Phi) is 4.13. The minimum Gasteiger partial charge on any atom is -0.313 e. The summed E-state index contributed by atoms with van der Waals surface area (Å²) in [7, 11) is 0. The second-order valence-electron chi connectivity index (χ2n) is 9.00. The lowest BCUT2D eigenvalue weighted by molar-refractivity contribution is 1.06. The van der Waals surface area contributed by atoms with Gasteiger partial charge < -0.3 is 4.57 Å². The summed E-state index contributed by atoms with van der Waals surface area (Å²) in [5, 5.41) is 1.34. The van der Waals surface area contributed by atoms with Crippen molar-refractivity contribution in [3.63, 3.8) is 0 Å². The molecule has 34 heavy (non-hydrogen) atoms. The van der Waals surface area contributed by atoms with E-state index in [-0.39, 0.29) is 0 Å². The SMILES string of the molecule is Cc1c2c3c(cccc3n1-c1cccc(-c3ccccc3)c1)-c1ccccc1-c1ccccc1-2. The highest BCUT2D eigenvalue weighted by Crippen LogP contribution is 2.50. The van der Waals surface area contributed by atoms with E-state index >= 15 is 0 Å². The van der Waals surface area contributed by atoms with Crippen LogP contribution in [0.3, 0.4) is 0 Å². The Hall–Kier alpha value is -4.36. The summed E-state index contributed by atoms with van der Waals surface area (Å²) >= 11 is 0. The molecule has 0 saturated heterocycles. The fourth-order valence-electron chi connectivity index (χ4n) is 5.69. The molecule has 1 aliphatic rings. The molecule has 0 radical (unpaired) electrons. The highest BCUT2D eigenvalue weighted by Gasteiger charge is 2.26. The topological polar surface area (TPSA) is 4.93 Å². The number of aromatic nitrogens is 1. The van der Waals surface area contributed by atoms with Crippen molar-refractivity contribution < 1.29 is 0 Å². The van der Waals surface area contributed by atoms with E-state index in [2.05, 4.69) is 133 Å². The standard InChI is InChI=1S/C33H23N/c1-22-32-29-18-8-7-16-27(29)26-15-5-6-17-28(26)30-19-10-20-31(33(30)32)34(22)25-14-9-13-24(21-25)23-11-3-2-4-12-23/h2-21H,1H3. The number of benzene rings is 5. The zero-order valence-corrected chi connectivity index (χ0v) is 19.0. The maximum absolute atomic E-state index is 2.44. The summed E-state index contributed by atoms with van der Waals surface area (Å²) < 4.78 is 2.44. The normalized spacial score (nSPS) is 11.7. The molecular weight excluding hydrogens is 410 g/mol. The molecule has 1 aliphatic carbocycles. The van der Waals surface area contributed by atoms with E-state index in [1.54, 1.807) is 0 Å². The van der Waals surface area contributed by atoms with Gasteiger partial charge in [0.2, 0.25) is 0 Å². The first-order valence-corrected chi connectivity index (χ1v) is 11.8. The van der Waals surface area contributed by atoms with Crippen LogP contribution in [0.2, 0.25) is 0 Å². The van der Waals surface area contributed by atoms with Crippen LogP contribution in [0.15, 0.2) is 121 Å². The summed E-state index contributed by atoms with van der Waals surface area (Å²) in [6.45, 7) is 2.26. The van der Waals surface area contributed by atoms with E-state index in [9.17, 15) is 0 Å². The smallest absolute Gasteiger partial charge is 0.0544 e. The van der Waals surface area contributed by atoms with Crippen molar-refractivity contribution >= 4 is 10.9 Å². The van der Waals surface area contributed by atoms with E-state index in [0.717, 1.165) is 0 Å². The highest BCUT2D eigenvalue weighted by atomic mass is 15.0. The molecule has 0 N–H and O–H groups in total. The summed E-state index contributed by atoms with van der Waals surface area (Å²) in [6, 6.07) is 43.9. The molecule has 160 valence electrons. The van der Waals surface area contributed by atoms with Gasteiger partial charge in [-0.25, -0.2) is 0 Å². The van der Waals surface area contributed by atoms with Crippen molar-refractivity contribution in [2.45, 2.75) is 6.92 Å². The Balaban J connectivity index is 1.58. The Labute approximate surface area is 199 Å². The van der Waals surface area contributed by atoms with E-state index in [4.69, 9.17) is 0 Å². The van der Waals surface area contributed by atoms with Crippen molar-refractivity contribution in [3.05, 3.63) is 127 Å². The summed E-state index contributed by atoms with van der Waals surface area (Å²) in [6.07, 6.45) is 0. The van der Waals surface area contributed by atoms with Gasteiger partial charge in [0.15, 0.2) is 0 Å². The lowest BCUT2D eigenvalue weighted by atomic mass is 9.94. The number of fused-ring (bicyclic) bond motifs is 5. The first kappa shape index (κ1) is 19.1. The second-order valence-corrected chi connectivity index (χ2v) is 9.00. The van der Waals surface area contributed by atoms with E-state index in [1.165, 1.54) is 66.8 Å². The molecule has 7 rings (SSSR count). The van der Waals surface area contributed by atoms with E-state index in [0.29, 0.717) is 0 Å². The van der Waals surface area contributed by atoms with Crippen molar-refractivity contribution in [1.82, 2.24) is 4.57 Å². The largest absolute Gasteiger partial charge is 0.313 e. The first-order valence-electron chi connectivity index (χ1n) is 11.8. The van der Waals surface area contributed by atoms with Gasteiger partial charge in [0.1, 0.15) is 0 Å². The Morgan fingerprint density at radius 3 is 1.79 bits per heavy atom. The van der Waals surface area contributed by atoms with Crippen LogP contribution in [0.1, 0.15) is 5.69 Å². The molecule has 0 spiro atoms. The van der Waals surface area contributed by atoms with Gasteiger partial charge in [0.25, 0.3) is 0 Å². The minimum absolute atomic E-state index is 1.19. The lowest BCUT2D eigenvalue weighted by Crippen LogP contribution is -1.98. The van der Waals surface area contributed by atoms with Gasteiger partial charge in [0.05, 0.1) is 5.52 Å². The molecule has 0 atom stereocenters. The van der Waals surface area contributed by atoms with Crippen LogP contribution in [0.25, 0.3) is 61.1 Å². The Bertz CT molecular complexity index is 1700. The molecule has 0 amide bonds. The average Bonchev–Trinajstić information content (AvgIpc) is 3.13. The molecule has 1 heteroatoms. The molecule has 0 aliphatic heterocycles. The number of nitrogens with zero attached hydrogens (tertiary/aromatic N) is 1. The third kappa shape index (κ3) is 2.67. The van der Waals surface area contributed by atoms with Crippen molar-refractivity contribution in [1.29, 1.82) is 0 Å². The summed E-state index contributed by atoms with van der Waals surface area (Å²) in [5.41, 5.74) is 14.0. The first-order chi connectivity index (χ1) is 16.8. The third-order valence-electron chi connectivity index (χ3n) is 7.15. The molecule has 1 aromatic heterocycles. The zero-order valence-electron chi connectivity index (χ0n) is 19.0. The predicted molar refractivity (Wildman–Crippen MR) is 143 cm³/mol. The highest BCUT2D eigenvalue weighted by molar-refractivity contribution is 6.14. The van der Waals surface area contributed by atoms with Crippen LogP contribution in [0.4, 0.5) is 0 Å². The van der Waals surface area contributed by atoms with E-state index < -0.39 is 0 Å². The van der Waals surface area contributed by atoms with Gasteiger partial charge in [-0.15, -0.1) is 0 Å². The fraction of sp³-hybridized carbons (Fsp3) is 0.0303. The molecule has 0 fully saturated rings. The van der Waals surface area contributed by atoms with Gasteiger partial charge in [-0.2, -0.15) is 0 Å². The second kappa shape index (κ2) is 7.33. The van der Waals surface area contributed by atoms with Crippen molar-refractivity contribution in [2.75, 3.05) is 0 Å². The molecule has 0 unspecified atom stereocenters.